The summed E-state index contributed by atoms with van der Waals surface area (Å²) < 4.78 is 5.91. The van der Waals surface area contributed by atoms with E-state index in [-0.39, 0.29) is 0 Å². The van der Waals surface area contributed by atoms with Gasteiger partial charge in [-0.15, -0.1) is 0 Å². The minimum atomic E-state index is 0.486. The highest BCUT2D eigenvalue weighted by atomic mass is 16.5. The molecule has 2 fully saturated rings. The molecule has 0 spiro atoms. The standard InChI is InChI=1S/C17H34N2O/c1-17(2)9-3-5-15(6-10-17)19-12-7-16(8-13-19)20-14-4-11-18/h15-16H,3-14,18H2,1-2H3. The van der Waals surface area contributed by atoms with Crippen molar-refractivity contribution in [1.82, 2.24) is 4.90 Å². The Bertz CT molecular complexity index is 272. The predicted molar refractivity (Wildman–Crippen MR) is 84.9 cm³/mol. The summed E-state index contributed by atoms with van der Waals surface area (Å²) in [6.07, 6.45) is 10.9. The highest BCUT2D eigenvalue weighted by Gasteiger charge is 2.29. The van der Waals surface area contributed by atoms with Crippen molar-refractivity contribution in [2.75, 3.05) is 26.2 Å². The number of ether oxygens (including phenoxy) is 1. The second kappa shape index (κ2) is 7.77. The quantitative estimate of drug-likeness (QED) is 0.622. The van der Waals surface area contributed by atoms with E-state index in [9.17, 15) is 0 Å². The maximum Gasteiger partial charge on any atom is 0.0599 e. The van der Waals surface area contributed by atoms with Crippen LogP contribution in [0.3, 0.4) is 0 Å². The van der Waals surface area contributed by atoms with Crippen LogP contribution in [0.15, 0.2) is 0 Å². The highest BCUT2D eigenvalue weighted by molar-refractivity contribution is 4.84. The molecule has 3 heteroatoms. The van der Waals surface area contributed by atoms with Crippen molar-refractivity contribution in [3.8, 4) is 0 Å². The number of nitrogens with zero attached hydrogens (tertiary/aromatic N) is 1. The summed E-state index contributed by atoms with van der Waals surface area (Å²) in [7, 11) is 0. The van der Waals surface area contributed by atoms with Crippen molar-refractivity contribution >= 4 is 0 Å². The van der Waals surface area contributed by atoms with Crippen LogP contribution >= 0.6 is 0 Å². The van der Waals surface area contributed by atoms with E-state index >= 15 is 0 Å². The third-order valence-corrected chi connectivity index (χ3v) is 5.24. The summed E-state index contributed by atoms with van der Waals surface area (Å²) in [5.74, 6) is 0. The van der Waals surface area contributed by atoms with Gasteiger partial charge in [0.15, 0.2) is 0 Å². The van der Waals surface area contributed by atoms with Gasteiger partial charge < -0.3 is 15.4 Å². The van der Waals surface area contributed by atoms with E-state index in [1.54, 1.807) is 0 Å². The molecular weight excluding hydrogens is 248 g/mol. The molecule has 2 N–H and O–H groups in total. The molecule has 0 aromatic heterocycles. The average molecular weight is 282 g/mol. The Morgan fingerprint density at radius 2 is 1.85 bits per heavy atom. The molecule has 118 valence electrons. The fraction of sp³-hybridized carbons (Fsp3) is 1.00. The first-order chi connectivity index (χ1) is 9.61. The van der Waals surface area contributed by atoms with E-state index in [1.165, 1.54) is 58.0 Å². The van der Waals surface area contributed by atoms with E-state index in [0.29, 0.717) is 11.5 Å². The third kappa shape index (κ3) is 5.01. The van der Waals surface area contributed by atoms with Crippen molar-refractivity contribution in [3.63, 3.8) is 0 Å². The monoisotopic (exact) mass is 282 g/mol. The summed E-state index contributed by atoms with van der Waals surface area (Å²) in [5.41, 5.74) is 6.08. The van der Waals surface area contributed by atoms with Gasteiger partial charge in [0, 0.05) is 25.7 Å². The van der Waals surface area contributed by atoms with Crippen molar-refractivity contribution in [1.29, 1.82) is 0 Å². The van der Waals surface area contributed by atoms with Crippen molar-refractivity contribution in [2.45, 2.75) is 77.4 Å². The summed E-state index contributed by atoms with van der Waals surface area (Å²) in [4.78, 5) is 2.74. The Labute approximate surface area is 125 Å². The second-order valence-electron chi connectivity index (χ2n) is 7.50. The van der Waals surface area contributed by atoms with Gasteiger partial charge in [-0.3, -0.25) is 0 Å². The third-order valence-electron chi connectivity index (χ3n) is 5.24. The molecule has 0 amide bonds. The lowest BCUT2D eigenvalue weighted by Gasteiger charge is -2.37. The molecule has 1 aliphatic carbocycles. The van der Waals surface area contributed by atoms with Crippen LogP contribution in [0.5, 0.6) is 0 Å². The van der Waals surface area contributed by atoms with E-state index in [0.717, 1.165) is 25.6 Å². The van der Waals surface area contributed by atoms with Gasteiger partial charge in [-0.2, -0.15) is 0 Å². The van der Waals surface area contributed by atoms with Crippen LogP contribution in [0.4, 0.5) is 0 Å². The minimum Gasteiger partial charge on any atom is -0.378 e. The van der Waals surface area contributed by atoms with Gasteiger partial charge in [0.05, 0.1) is 6.10 Å². The number of piperidine rings is 1. The Hall–Kier alpha value is -0.120. The molecule has 1 saturated carbocycles. The number of likely N-dealkylation sites (tertiary alicyclic amines) is 1. The molecule has 2 rings (SSSR count). The molecule has 0 radical (unpaired) electrons. The fourth-order valence-corrected chi connectivity index (χ4v) is 3.75. The molecule has 3 nitrogen and oxygen atoms in total. The first kappa shape index (κ1) is 16.3. The van der Waals surface area contributed by atoms with Crippen LogP contribution in [0.1, 0.15) is 65.2 Å². The van der Waals surface area contributed by atoms with E-state index in [1.807, 2.05) is 0 Å². The maximum absolute atomic E-state index is 5.91. The molecule has 0 bridgehead atoms. The summed E-state index contributed by atoms with van der Waals surface area (Å²) in [5, 5.41) is 0. The minimum absolute atomic E-state index is 0.486. The Kier molecular flexibility index (Phi) is 6.31. The van der Waals surface area contributed by atoms with Crippen LogP contribution in [0.2, 0.25) is 0 Å². The lowest BCUT2D eigenvalue weighted by atomic mass is 9.85. The van der Waals surface area contributed by atoms with E-state index < -0.39 is 0 Å². The Morgan fingerprint density at radius 1 is 1.10 bits per heavy atom. The SMILES string of the molecule is CC1(C)CCCC(N2CCC(OCCCN)CC2)CC1. The molecule has 1 saturated heterocycles. The number of nitrogens with two attached hydrogens (primary N) is 1. The lowest BCUT2D eigenvalue weighted by molar-refractivity contribution is -0.00398. The van der Waals surface area contributed by atoms with E-state index in [2.05, 4.69) is 18.7 Å². The molecule has 0 aromatic rings. The summed E-state index contributed by atoms with van der Waals surface area (Å²) in [6.45, 7) is 8.94. The second-order valence-corrected chi connectivity index (χ2v) is 7.50. The zero-order valence-electron chi connectivity index (χ0n) is 13.6. The summed E-state index contributed by atoms with van der Waals surface area (Å²) >= 11 is 0. The van der Waals surface area contributed by atoms with Crippen LogP contribution < -0.4 is 5.73 Å². The Morgan fingerprint density at radius 3 is 2.55 bits per heavy atom. The number of hydrogen-bond donors (Lipinski definition) is 1. The van der Waals surface area contributed by atoms with Gasteiger partial charge in [-0.05, 0) is 56.9 Å². The van der Waals surface area contributed by atoms with Crippen LogP contribution in [0, 0.1) is 5.41 Å². The number of hydrogen-bond acceptors (Lipinski definition) is 3. The zero-order chi connectivity index (χ0) is 14.4. The van der Waals surface area contributed by atoms with Crippen LogP contribution in [0.25, 0.3) is 0 Å². The van der Waals surface area contributed by atoms with Crippen LogP contribution in [-0.4, -0.2) is 43.3 Å². The van der Waals surface area contributed by atoms with Gasteiger partial charge in [-0.1, -0.05) is 20.3 Å². The molecule has 1 aliphatic heterocycles. The molecule has 1 heterocycles. The molecule has 20 heavy (non-hydrogen) atoms. The normalized spacial score (nSPS) is 29.2. The largest absolute Gasteiger partial charge is 0.378 e. The smallest absolute Gasteiger partial charge is 0.0599 e. The van der Waals surface area contributed by atoms with Crippen molar-refractivity contribution < 1.29 is 4.74 Å². The van der Waals surface area contributed by atoms with Crippen LogP contribution in [-0.2, 0) is 4.74 Å². The number of rotatable bonds is 5. The first-order valence-corrected chi connectivity index (χ1v) is 8.66. The van der Waals surface area contributed by atoms with E-state index in [4.69, 9.17) is 10.5 Å². The van der Waals surface area contributed by atoms with Gasteiger partial charge in [-0.25, -0.2) is 0 Å². The summed E-state index contributed by atoms with van der Waals surface area (Å²) in [6, 6.07) is 0.835. The van der Waals surface area contributed by atoms with Crippen molar-refractivity contribution in [3.05, 3.63) is 0 Å². The van der Waals surface area contributed by atoms with Crippen molar-refractivity contribution in [2.24, 2.45) is 11.1 Å². The first-order valence-electron chi connectivity index (χ1n) is 8.66. The van der Waals surface area contributed by atoms with Gasteiger partial charge in [0.25, 0.3) is 0 Å². The average Bonchev–Trinajstić information content (AvgIpc) is 2.61. The van der Waals surface area contributed by atoms with Gasteiger partial charge >= 0.3 is 0 Å². The molecule has 1 unspecified atom stereocenters. The molecule has 2 aliphatic rings. The van der Waals surface area contributed by atoms with Gasteiger partial charge in [0.1, 0.15) is 0 Å². The zero-order valence-corrected chi connectivity index (χ0v) is 13.6. The lowest BCUT2D eigenvalue weighted by Crippen LogP contribution is -2.43. The fourth-order valence-electron chi connectivity index (χ4n) is 3.75. The highest BCUT2D eigenvalue weighted by Crippen LogP contribution is 2.36. The maximum atomic E-state index is 5.91. The predicted octanol–water partition coefficient (Wildman–Crippen LogP) is 3.18. The molecule has 0 aromatic carbocycles. The molecular formula is C17H34N2O. The topological polar surface area (TPSA) is 38.5 Å². The Balaban J connectivity index is 1.70. The van der Waals surface area contributed by atoms with Gasteiger partial charge in [0.2, 0.25) is 0 Å². The molecule has 1 atom stereocenters.